The third-order valence-electron chi connectivity index (χ3n) is 5.06. The number of hydrogen-bond acceptors (Lipinski definition) is 3. The number of halogens is 2. The van der Waals surface area contributed by atoms with Crippen molar-refractivity contribution < 1.29 is 9.18 Å². The lowest BCUT2D eigenvalue weighted by molar-refractivity contribution is -0.122. The summed E-state index contributed by atoms with van der Waals surface area (Å²) in [6.07, 6.45) is 2.05. The second-order valence-corrected chi connectivity index (χ2v) is 7.67. The van der Waals surface area contributed by atoms with Crippen molar-refractivity contribution in [1.82, 2.24) is 14.8 Å². The zero-order chi connectivity index (χ0) is 19.8. The molecule has 144 valence electrons. The number of benzene rings is 2. The molecule has 0 spiro atoms. The van der Waals surface area contributed by atoms with Gasteiger partial charge in [0, 0.05) is 10.9 Å². The third-order valence-corrected chi connectivity index (χ3v) is 5.32. The maximum atomic E-state index is 13.4. The highest BCUT2D eigenvalue weighted by Gasteiger charge is 2.39. The van der Waals surface area contributed by atoms with E-state index in [1.165, 1.54) is 18.5 Å². The molecule has 28 heavy (non-hydrogen) atoms. The zero-order valence-electron chi connectivity index (χ0n) is 15.6. The average Bonchev–Trinajstić information content (AvgIpc) is 3.17. The van der Waals surface area contributed by atoms with Crippen LogP contribution in [-0.4, -0.2) is 20.7 Å². The van der Waals surface area contributed by atoms with Gasteiger partial charge in [-0.1, -0.05) is 49.7 Å². The molecule has 5 nitrogen and oxygen atoms in total. The van der Waals surface area contributed by atoms with E-state index in [2.05, 4.69) is 10.1 Å². The number of hydrogen-bond donors (Lipinski definition) is 0. The van der Waals surface area contributed by atoms with E-state index in [9.17, 15) is 9.18 Å². The first-order valence-electron chi connectivity index (χ1n) is 9.19. The Balaban J connectivity index is 1.84. The highest BCUT2D eigenvalue weighted by molar-refractivity contribution is 6.30. The van der Waals surface area contributed by atoms with Crippen molar-refractivity contribution in [2.45, 2.75) is 32.4 Å². The molecule has 1 aromatic heterocycles. The van der Waals surface area contributed by atoms with E-state index in [0.29, 0.717) is 17.4 Å². The van der Waals surface area contributed by atoms with Gasteiger partial charge in [-0.2, -0.15) is 10.1 Å². The van der Waals surface area contributed by atoms with Crippen LogP contribution in [0, 0.1) is 11.7 Å². The Kier molecular flexibility index (Phi) is 4.89. The van der Waals surface area contributed by atoms with Crippen LogP contribution in [0.25, 0.3) is 0 Å². The standard InChI is InChI=1S/C21H20ClFN4O/c1-13(2)20(28)26-18(14-3-7-16(22)8-4-14)11-19(27-21(26)24-12-25-27)15-5-9-17(23)10-6-15/h3-10,12-13,18-19H,11H2,1-2H3/t18-,19+/m0/s1. The van der Waals surface area contributed by atoms with Gasteiger partial charge in [0.2, 0.25) is 11.9 Å². The van der Waals surface area contributed by atoms with Crippen LogP contribution in [-0.2, 0) is 4.79 Å². The summed E-state index contributed by atoms with van der Waals surface area (Å²) in [5.74, 6) is -0.00228. The first-order valence-corrected chi connectivity index (χ1v) is 9.57. The van der Waals surface area contributed by atoms with E-state index in [1.54, 1.807) is 21.7 Å². The van der Waals surface area contributed by atoms with Crippen LogP contribution >= 0.6 is 11.6 Å². The Bertz CT molecular complexity index is 984. The molecule has 0 N–H and O–H groups in total. The van der Waals surface area contributed by atoms with Gasteiger partial charge in [-0.25, -0.2) is 9.07 Å². The fraction of sp³-hybridized carbons (Fsp3) is 0.286. The molecular formula is C21H20ClFN4O. The SMILES string of the molecule is CC(C)C(=O)N1c2ncnn2[C@@H](c2ccc(F)cc2)C[C@H]1c1ccc(Cl)cc1. The van der Waals surface area contributed by atoms with Gasteiger partial charge in [-0.05, 0) is 41.8 Å². The summed E-state index contributed by atoms with van der Waals surface area (Å²) in [5.41, 5.74) is 1.89. The lowest BCUT2D eigenvalue weighted by Crippen LogP contribution is -2.44. The largest absolute Gasteiger partial charge is 0.274 e. The van der Waals surface area contributed by atoms with E-state index in [-0.39, 0.29) is 29.7 Å². The van der Waals surface area contributed by atoms with Crippen molar-refractivity contribution in [2.75, 3.05) is 4.90 Å². The molecule has 1 aliphatic heterocycles. The summed E-state index contributed by atoms with van der Waals surface area (Å²) in [5, 5.41) is 5.01. The fourth-order valence-corrected chi connectivity index (χ4v) is 3.78. The minimum atomic E-state index is -0.288. The molecule has 2 atom stereocenters. The van der Waals surface area contributed by atoms with E-state index < -0.39 is 0 Å². The van der Waals surface area contributed by atoms with E-state index >= 15 is 0 Å². The van der Waals surface area contributed by atoms with Gasteiger partial charge in [0.25, 0.3) is 0 Å². The summed E-state index contributed by atoms with van der Waals surface area (Å²) >= 11 is 6.06. The van der Waals surface area contributed by atoms with Crippen LogP contribution in [0.15, 0.2) is 54.9 Å². The predicted molar refractivity (Wildman–Crippen MR) is 106 cm³/mol. The number of carbonyl (C=O) groups is 1. The molecule has 0 aliphatic carbocycles. The monoisotopic (exact) mass is 398 g/mol. The average molecular weight is 399 g/mol. The lowest BCUT2D eigenvalue weighted by Gasteiger charge is -2.39. The maximum absolute atomic E-state index is 13.4. The lowest BCUT2D eigenvalue weighted by atomic mass is 9.91. The molecule has 1 aliphatic rings. The highest BCUT2D eigenvalue weighted by atomic mass is 35.5. The summed E-state index contributed by atoms with van der Waals surface area (Å²) in [4.78, 5) is 19.2. The Morgan fingerprint density at radius 3 is 2.32 bits per heavy atom. The molecule has 1 amide bonds. The smallest absolute Gasteiger partial charge is 0.232 e. The van der Waals surface area contributed by atoms with Gasteiger partial charge in [-0.15, -0.1) is 0 Å². The first-order chi connectivity index (χ1) is 13.5. The normalized spacial score (nSPS) is 19.0. The van der Waals surface area contributed by atoms with Crippen molar-refractivity contribution in [3.8, 4) is 0 Å². The van der Waals surface area contributed by atoms with Gasteiger partial charge in [0.1, 0.15) is 12.1 Å². The van der Waals surface area contributed by atoms with Crippen LogP contribution in [0.2, 0.25) is 5.02 Å². The minimum absolute atomic E-state index is 0.0215. The Labute approximate surface area is 167 Å². The highest BCUT2D eigenvalue weighted by Crippen LogP contribution is 2.42. The van der Waals surface area contributed by atoms with Crippen LogP contribution in [0.1, 0.15) is 43.5 Å². The Morgan fingerprint density at radius 1 is 1.07 bits per heavy atom. The first kappa shape index (κ1) is 18.6. The topological polar surface area (TPSA) is 51.0 Å². The second kappa shape index (κ2) is 7.36. The van der Waals surface area contributed by atoms with Gasteiger partial charge >= 0.3 is 0 Å². The molecule has 0 bridgehead atoms. The quantitative estimate of drug-likeness (QED) is 0.637. The molecule has 0 radical (unpaired) electrons. The van der Waals surface area contributed by atoms with Crippen molar-refractivity contribution in [3.05, 3.63) is 76.8 Å². The van der Waals surface area contributed by atoms with E-state index in [0.717, 1.165) is 11.1 Å². The van der Waals surface area contributed by atoms with Crippen LogP contribution < -0.4 is 4.90 Å². The van der Waals surface area contributed by atoms with Gasteiger partial charge in [-0.3, -0.25) is 9.69 Å². The predicted octanol–water partition coefficient (Wildman–Crippen LogP) is 4.79. The van der Waals surface area contributed by atoms with Crippen molar-refractivity contribution in [1.29, 1.82) is 0 Å². The van der Waals surface area contributed by atoms with Crippen LogP contribution in [0.5, 0.6) is 0 Å². The summed E-state index contributed by atoms with van der Waals surface area (Å²) in [6.45, 7) is 3.74. The number of amides is 1. The molecule has 0 saturated heterocycles. The summed E-state index contributed by atoms with van der Waals surface area (Å²) < 4.78 is 15.2. The molecule has 0 fully saturated rings. The van der Waals surface area contributed by atoms with Crippen molar-refractivity contribution >= 4 is 23.5 Å². The van der Waals surface area contributed by atoms with Crippen LogP contribution in [0.4, 0.5) is 10.3 Å². The van der Waals surface area contributed by atoms with Gasteiger partial charge in [0.15, 0.2) is 0 Å². The number of fused-ring (bicyclic) bond motifs is 1. The summed E-state index contributed by atoms with van der Waals surface area (Å²) in [7, 11) is 0. The molecule has 0 unspecified atom stereocenters. The fourth-order valence-electron chi connectivity index (χ4n) is 3.66. The number of rotatable bonds is 3. The third kappa shape index (κ3) is 3.29. The van der Waals surface area contributed by atoms with E-state index in [4.69, 9.17) is 11.6 Å². The molecule has 2 heterocycles. The van der Waals surface area contributed by atoms with E-state index in [1.807, 2.05) is 38.1 Å². The van der Waals surface area contributed by atoms with Crippen LogP contribution in [0.3, 0.4) is 0 Å². The maximum Gasteiger partial charge on any atom is 0.232 e. The Hall–Kier alpha value is -2.73. The van der Waals surface area contributed by atoms with Gasteiger partial charge in [0.05, 0.1) is 12.1 Å². The molecule has 4 rings (SSSR count). The Morgan fingerprint density at radius 2 is 1.68 bits per heavy atom. The molecule has 7 heteroatoms. The number of nitrogens with zero attached hydrogens (tertiary/aromatic N) is 4. The zero-order valence-corrected chi connectivity index (χ0v) is 16.3. The molecular weight excluding hydrogens is 379 g/mol. The number of anilines is 1. The number of aromatic nitrogens is 3. The molecule has 2 aromatic carbocycles. The summed E-state index contributed by atoms with van der Waals surface area (Å²) in [6, 6.07) is 13.5. The van der Waals surface area contributed by atoms with Crippen molar-refractivity contribution in [3.63, 3.8) is 0 Å². The number of carbonyl (C=O) groups excluding carboxylic acids is 1. The van der Waals surface area contributed by atoms with Gasteiger partial charge < -0.3 is 0 Å². The van der Waals surface area contributed by atoms with Crippen molar-refractivity contribution in [2.24, 2.45) is 5.92 Å². The minimum Gasteiger partial charge on any atom is -0.274 e. The second-order valence-electron chi connectivity index (χ2n) is 7.24. The molecule has 3 aromatic rings. The molecule has 0 saturated carbocycles.